The Morgan fingerprint density at radius 3 is 2.70 bits per heavy atom. The van der Waals surface area contributed by atoms with Crippen LogP contribution in [0.5, 0.6) is 0 Å². The summed E-state index contributed by atoms with van der Waals surface area (Å²) >= 11 is 5.44. The zero-order valence-electron chi connectivity index (χ0n) is 5.76. The van der Waals surface area contributed by atoms with Crippen LogP contribution in [-0.4, -0.2) is 12.6 Å². The highest BCUT2D eigenvalue weighted by atomic mass is 35.7. The molecule has 1 unspecified atom stereocenters. The van der Waals surface area contributed by atoms with Gasteiger partial charge in [-0.2, -0.15) is 0 Å². The van der Waals surface area contributed by atoms with E-state index in [1.807, 2.05) is 0 Å². The maximum absolute atomic E-state index is 11.0. The summed E-state index contributed by atoms with van der Waals surface area (Å²) in [5.41, 5.74) is -0.534. The lowest BCUT2D eigenvalue weighted by Crippen LogP contribution is -2.33. The fourth-order valence-electron chi connectivity index (χ4n) is 0.486. The van der Waals surface area contributed by atoms with Gasteiger partial charge in [-0.15, -0.1) is 0 Å². The molecule has 0 N–H and O–H groups in total. The van der Waals surface area contributed by atoms with Gasteiger partial charge < -0.3 is 9.05 Å². The largest absolute Gasteiger partial charge is 0.403 e. The monoisotopic (exact) mass is 182 g/mol. The molecule has 1 rings (SSSR count). The number of hydrogen-bond acceptors (Lipinski definition) is 3. The van der Waals surface area contributed by atoms with Crippen LogP contribution in [0.3, 0.4) is 0 Å². The van der Waals surface area contributed by atoms with E-state index >= 15 is 0 Å². The Morgan fingerprint density at radius 2 is 2.30 bits per heavy atom. The lowest BCUT2D eigenvalue weighted by atomic mass is 9.96. The molecule has 0 amide bonds. The average molecular weight is 183 g/mol. The first-order chi connectivity index (χ1) is 4.52. The van der Waals surface area contributed by atoms with E-state index in [9.17, 15) is 4.79 Å². The van der Waals surface area contributed by atoms with E-state index in [2.05, 4.69) is 4.52 Å². The molecule has 1 atom stereocenters. The number of carbonyl (C=O) groups is 1. The Labute approximate surface area is 65.4 Å². The smallest absolute Gasteiger partial charge is 0.340 e. The van der Waals surface area contributed by atoms with Crippen LogP contribution in [0.2, 0.25) is 0 Å². The molecule has 5 heteroatoms. The number of halogens is 1. The molecule has 10 heavy (non-hydrogen) atoms. The first-order valence-electron chi connectivity index (χ1n) is 2.83. The van der Waals surface area contributed by atoms with Crippen molar-refractivity contribution in [2.45, 2.75) is 13.8 Å². The highest BCUT2D eigenvalue weighted by Gasteiger charge is 2.37. The summed E-state index contributed by atoms with van der Waals surface area (Å²) in [5.74, 6) is -0.278. The van der Waals surface area contributed by atoms with Crippen molar-refractivity contribution < 1.29 is 13.8 Å². The van der Waals surface area contributed by atoms with Crippen molar-refractivity contribution in [1.82, 2.24) is 0 Å². The molecular weight excluding hydrogens is 174 g/mol. The van der Waals surface area contributed by atoms with Gasteiger partial charge in [-0.05, 0) is 25.1 Å². The molecule has 1 fully saturated rings. The zero-order chi connectivity index (χ0) is 7.78. The van der Waals surface area contributed by atoms with E-state index in [4.69, 9.17) is 15.8 Å². The molecule has 0 aromatic carbocycles. The van der Waals surface area contributed by atoms with Crippen molar-refractivity contribution >= 4 is 24.9 Å². The van der Waals surface area contributed by atoms with Gasteiger partial charge in [-0.3, -0.25) is 4.79 Å². The van der Waals surface area contributed by atoms with Gasteiger partial charge in [0.15, 0.2) is 0 Å². The van der Waals surface area contributed by atoms with Crippen LogP contribution >= 0.6 is 19.0 Å². The van der Waals surface area contributed by atoms with E-state index < -0.39 is 13.1 Å². The number of rotatable bonds is 0. The zero-order valence-corrected chi connectivity index (χ0v) is 7.41. The van der Waals surface area contributed by atoms with Gasteiger partial charge in [-0.1, -0.05) is 0 Å². The normalized spacial score (nSPS) is 31.5. The topological polar surface area (TPSA) is 35.5 Å². The number of carbonyl (C=O) groups excluding carboxylic acids is 1. The van der Waals surface area contributed by atoms with Crippen molar-refractivity contribution in [2.24, 2.45) is 5.41 Å². The molecular formula is C5H8ClO3P. The SMILES string of the molecule is CC1(C)COP(Cl)OC1=O. The molecule has 58 valence electrons. The van der Waals surface area contributed by atoms with Crippen molar-refractivity contribution in [3.8, 4) is 0 Å². The molecule has 0 aromatic heterocycles. The minimum atomic E-state index is -1.47. The Balaban J connectivity index is 2.61. The van der Waals surface area contributed by atoms with Crippen LogP contribution in [0.15, 0.2) is 0 Å². The summed E-state index contributed by atoms with van der Waals surface area (Å²) in [4.78, 5) is 11.0. The third-order valence-corrected chi connectivity index (χ3v) is 2.38. The van der Waals surface area contributed by atoms with Gasteiger partial charge in [-0.25, -0.2) is 0 Å². The highest BCUT2D eigenvalue weighted by Crippen LogP contribution is 2.50. The van der Waals surface area contributed by atoms with Crippen LogP contribution in [0, 0.1) is 5.41 Å². The van der Waals surface area contributed by atoms with Crippen molar-refractivity contribution in [3.05, 3.63) is 0 Å². The second kappa shape index (κ2) is 2.65. The van der Waals surface area contributed by atoms with Gasteiger partial charge in [0.1, 0.15) is 0 Å². The molecule has 0 aliphatic carbocycles. The first kappa shape index (κ1) is 8.25. The van der Waals surface area contributed by atoms with Gasteiger partial charge in [0.2, 0.25) is 0 Å². The molecule has 0 radical (unpaired) electrons. The fourth-order valence-corrected chi connectivity index (χ4v) is 1.68. The highest BCUT2D eigenvalue weighted by molar-refractivity contribution is 7.76. The first-order valence-corrected chi connectivity index (χ1v) is 4.92. The van der Waals surface area contributed by atoms with E-state index in [-0.39, 0.29) is 5.97 Å². The molecule has 0 aromatic rings. The second-order valence-electron chi connectivity index (χ2n) is 2.75. The Bertz CT molecular complexity index is 159. The predicted octanol–water partition coefficient (Wildman–Crippen LogP) is 2.05. The molecule has 0 bridgehead atoms. The van der Waals surface area contributed by atoms with Gasteiger partial charge in [0, 0.05) is 0 Å². The minimum Gasteiger partial charge on any atom is -0.403 e. The van der Waals surface area contributed by atoms with Crippen LogP contribution in [0.4, 0.5) is 0 Å². The van der Waals surface area contributed by atoms with Gasteiger partial charge in [0.05, 0.1) is 12.0 Å². The molecule has 1 aliphatic rings. The molecule has 1 aliphatic heterocycles. The van der Waals surface area contributed by atoms with Crippen LogP contribution < -0.4 is 0 Å². The number of hydrogen-bond donors (Lipinski definition) is 0. The molecule has 3 nitrogen and oxygen atoms in total. The third-order valence-electron chi connectivity index (χ3n) is 1.23. The van der Waals surface area contributed by atoms with Crippen LogP contribution in [0.25, 0.3) is 0 Å². The maximum atomic E-state index is 11.0. The summed E-state index contributed by atoms with van der Waals surface area (Å²) in [6, 6.07) is 0. The van der Waals surface area contributed by atoms with E-state index in [0.717, 1.165) is 0 Å². The van der Waals surface area contributed by atoms with Gasteiger partial charge in [0.25, 0.3) is 0 Å². The molecule has 1 saturated heterocycles. The maximum Gasteiger partial charge on any atom is 0.340 e. The van der Waals surface area contributed by atoms with Crippen molar-refractivity contribution in [2.75, 3.05) is 6.61 Å². The van der Waals surface area contributed by atoms with E-state index in [1.54, 1.807) is 13.8 Å². The Morgan fingerprint density at radius 1 is 1.70 bits per heavy atom. The van der Waals surface area contributed by atoms with Crippen molar-refractivity contribution in [3.63, 3.8) is 0 Å². The fraction of sp³-hybridized carbons (Fsp3) is 0.800. The second-order valence-corrected chi connectivity index (χ2v) is 4.44. The Kier molecular flexibility index (Phi) is 2.18. The van der Waals surface area contributed by atoms with Crippen LogP contribution in [0.1, 0.15) is 13.8 Å². The predicted molar refractivity (Wildman–Crippen MR) is 38.6 cm³/mol. The molecule has 0 spiro atoms. The average Bonchev–Trinajstić information content (AvgIpc) is 1.81. The lowest BCUT2D eigenvalue weighted by molar-refractivity contribution is -0.148. The van der Waals surface area contributed by atoms with E-state index in [1.165, 1.54) is 0 Å². The summed E-state index contributed by atoms with van der Waals surface area (Å²) in [5, 5.41) is 0. The van der Waals surface area contributed by atoms with E-state index in [0.29, 0.717) is 6.61 Å². The summed E-state index contributed by atoms with van der Waals surface area (Å²) in [7, 11) is -1.47. The third kappa shape index (κ3) is 1.60. The lowest BCUT2D eigenvalue weighted by Gasteiger charge is -2.28. The van der Waals surface area contributed by atoms with Gasteiger partial charge >= 0.3 is 13.7 Å². The Hall–Kier alpha value is 0.150. The minimum absolute atomic E-state index is 0.278. The molecule has 1 heterocycles. The van der Waals surface area contributed by atoms with Crippen LogP contribution in [-0.2, 0) is 13.8 Å². The summed E-state index contributed by atoms with van der Waals surface area (Å²) in [6.07, 6.45) is 0. The molecule has 0 saturated carbocycles. The van der Waals surface area contributed by atoms with Crippen molar-refractivity contribution in [1.29, 1.82) is 0 Å². The standard InChI is InChI=1S/C5H8ClO3P/c1-5(2)3-8-10(6)9-4(5)7/h3H2,1-2H3. The summed E-state index contributed by atoms with van der Waals surface area (Å²) < 4.78 is 9.62. The summed E-state index contributed by atoms with van der Waals surface area (Å²) in [6.45, 7) is 3.87. The quantitative estimate of drug-likeness (QED) is 0.538.